The molecule has 0 spiro atoms. The average Bonchev–Trinajstić information content (AvgIpc) is 2.79. The third kappa shape index (κ3) is 3.76. The number of hydrogen-bond donors (Lipinski definition) is 1. The molecule has 2 aliphatic carbocycles. The maximum Gasteiger partial charge on any atom is 0.155 e. The summed E-state index contributed by atoms with van der Waals surface area (Å²) in [6.45, 7) is 7.32. The summed E-state index contributed by atoms with van der Waals surface area (Å²) in [5, 5.41) is 3.28. The fraction of sp³-hybridized carbons (Fsp3) is 1.00. The predicted octanol–water partition coefficient (Wildman–Crippen LogP) is 3.00. The molecule has 0 saturated heterocycles. The molecular weight excluding hydrogens is 270 g/mol. The molecule has 0 aromatic rings. The van der Waals surface area contributed by atoms with Gasteiger partial charge in [0.1, 0.15) is 0 Å². The molecule has 2 rings (SSSR count). The summed E-state index contributed by atoms with van der Waals surface area (Å²) in [4.78, 5) is 0. The first-order valence-electron chi connectivity index (χ1n) is 8.39. The Labute approximate surface area is 124 Å². The van der Waals surface area contributed by atoms with Crippen LogP contribution in [0.15, 0.2) is 0 Å². The Morgan fingerprint density at radius 2 is 1.75 bits per heavy atom. The predicted molar refractivity (Wildman–Crippen MR) is 84.6 cm³/mol. The monoisotopic (exact) mass is 301 g/mol. The van der Waals surface area contributed by atoms with Crippen LogP contribution in [0.5, 0.6) is 0 Å². The second kappa shape index (κ2) is 6.78. The maximum absolute atomic E-state index is 12.9. The van der Waals surface area contributed by atoms with Crippen molar-refractivity contribution >= 4 is 9.84 Å². The Morgan fingerprint density at radius 1 is 1.10 bits per heavy atom. The van der Waals surface area contributed by atoms with Gasteiger partial charge in [-0.1, -0.05) is 33.6 Å². The van der Waals surface area contributed by atoms with Gasteiger partial charge in [0, 0.05) is 6.04 Å². The quantitative estimate of drug-likeness (QED) is 0.849. The van der Waals surface area contributed by atoms with Gasteiger partial charge in [0.25, 0.3) is 0 Å². The molecule has 0 aromatic heterocycles. The standard InChI is InChI=1S/C16H31NO2S/c1-4-17-15-10-12(2)9-13(3)16(15)20(18,19)11-14-7-5-6-8-14/h12-17H,4-11H2,1-3H3. The Kier molecular flexibility index (Phi) is 5.52. The molecule has 0 aromatic carbocycles. The van der Waals surface area contributed by atoms with E-state index in [9.17, 15) is 8.42 Å². The summed E-state index contributed by atoms with van der Waals surface area (Å²) in [5.74, 6) is 1.77. The molecule has 2 aliphatic rings. The SMILES string of the molecule is CCNC1CC(C)CC(C)C1S(=O)(=O)CC1CCCC1. The van der Waals surface area contributed by atoms with E-state index in [-0.39, 0.29) is 17.2 Å². The summed E-state index contributed by atoms with van der Waals surface area (Å²) in [6.07, 6.45) is 6.72. The molecule has 1 N–H and O–H groups in total. The topological polar surface area (TPSA) is 46.2 Å². The zero-order chi connectivity index (χ0) is 14.8. The first-order chi connectivity index (χ1) is 9.44. The normalized spacial score (nSPS) is 36.4. The molecule has 3 nitrogen and oxygen atoms in total. The van der Waals surface area contributed by atoms with E-state index in [2.05, 4.69) is 26.1 Å². The minimum Gasteiger partial charge on any atom is -0.313 e. The van der Waals surface area contributed by atoms with Crippen LogP contribution in [0.4, 0.5) is 0 Å². The highest BCUT2D eigenvalue weighted by Gasteiger charge is 2.42. The van der Waals surface area contributed by atoms with Crippen molar-refractivity contribution in [3.05, 3.63) is 0 Å². The molecule has 0 bridgehead atoms. The first kappa shape index (κ1) is 16.3. The van der Waals surface area contributed by atoms with Crippen molar-refractivity contribution in [1.29, 1.82) is 0 Å². The number of sulfone groups is 1. The molecule has 118 valence electrons. The van der Waals surface area contributed by atoms with Crippen LogP contribution < -0.4 is 5.32 Å². The number of rotatable bonds is 5. The van der Waals surface area contributed by atoms with Gasteiger partial charge in [-0.3, -0.25) is 0 Å². The van der Waals surface area contributed by atoms with Crippen molar-refractivity contribution in [3.8, 4) is 0 Å². The number of hydrogen-bond acceptors (Lipinski definition) is 3. The Hall–Kier alpha value is -0.0900. The van der Waals surface area contributed by atoms with Crippen LogP contribution in [0.1, 0.15) is 59.3 Å². The molecule has 0 heterocycles. The van der Waals surface area contributed by atoms with E-state index in [1.807, 2.05) is 0 Å². The maximum atomic E-state index is 12.9. The van der Waals surface area contributed by atoms with Gasteiger partial charge in [-0.15, -0.1) is 0 Å². The molecular formula is C16H31NO2S. The van der Waals surface area contributed by atoms with Gasteiger partial charge in [-0.25, -0.2) is 8.42 Å². The lowest BCUT2D eigenvalue weighted by Gasteiger charge is -2.40. The lowest BCUT2D eigenvalue weighted by atomic mass is 9.80. The smallest absolute Gasteiger partial charge is 0.155 e. The van der Waals surface area contributed by atoms with E-state index >= 15 is 0 Å². The van der Waals surface area contributed by atoms with Crippen LogP contribution in [-0.2, 0) is 9.84 Å². The summed E-state index contributed by atoms with van der Waals surface area (Å²) in [6, 6.07) is 0.158. The van der Waals surface area contributed by atoms with Crippen molar-refractivity contribution in [2.24, 2.45) is 17.8 Å². The van der Waals surface area contributed by atoms with E-state index in [0.717, 1.165) is 32.2 Å². The highest BCUT2D eigenvalue weighted by atomic mass is 32.2. The highest BCUT2D eigenvalue weighted by molar-refractivity contribution is 7.92. The zero-order valence-electron chi connectivity index (χ0n) is 13.3. The molecule has 0 radical (unpaired) electrons. The average molecular weight is 301 g/mol. The number of nitrogens with one attached hydrogen (secondary N) is 1. The molecule has 0 amide bonds. The van der Waals surface area contributed by atoms with E-state index < -0.39 is 9.84 Å². The molecule has 2 saturated carbocycles. The van der Waals surface area contributed by atoms with Crippen molar-refractivity contribution in [1.82, 2.24) is 5.32 Å². The third-order valence-electron chi connectivity index (χ3n) is 5.21. The highest BCUT2D eigenvalue weighted by Crippen LogP contribution is 2.36. The van der Waals surface area contributed by atoms with Crippen molar-refractivity contribution in [2.45, 2.75) is 70.6 Å². The molecule has 2 fully saturated rings. The van der Waals surface area contributed by atoms with Crippen LogP contribution in [0.25, 0.3) is 0 Å². The molecule has 4 heteroatoms. The summed E-state index contributed by atoms with van der Waals surface area (Å²) in [5.41, 5.74) is 0. The van der Waals surface area contributed by atoms with Crippen molar-refractivity contribution in [3.63, 3.8) is 0 Å². The Morgan fingerprint density at radius 3 is 2.35 bits per heavy atom. The molecule has 4 unspecified atom stereocenters. The van der Waals surface area contributed by atoms with Crippen LogP contribution in [0.2, 0.25) is 0 Å². The minimum absolute atomic E-state index is 0.158. The van der Waals surface area contributed by atoms with Gasteiger partial charge in [-0.2, -0.15) is 0 Å². The fourth-order valence-corrected chi connectivity index (χ4v) is 7.25. The molecule has 4 atom stereocenters. The second-order valence-electron chi connectivity index (χ2n) is 7.16. The third-order valence-corrected chi connectivity index (χ3v) is 7.77. The zero-order valence-corrected chi connectivity index (χ0v) is 14.1. The van der Waals surface area contributed by atoms with Gasteiger partial charge in [-0.05, 0) is 50.0 Å². The van der Waals surface area contributed by atoms with Crippen LogP contribution >= 0.6 is 0 Å². The second-order valence-corrected chi connectivity index (χ2v) is 9.37. The van der Waals surface area contributed by atoms with Gasteiger partial charge in [0.2, 0.25) is 0 Å². The van der Waals surface area contributed by atoms with Gasteiger partial charge in [0.05, 0.1) is 11.0 Å². The Bertz CT molecular complexity index is 401. The lowest BCUT2D eigenvalue weighted by Crippen LogP contribution is -2.52. The molecule has 20 heavy (non-hydrogen) atoms. The summed E-state index contributed by atoms with van der Waals surface area (Å²) in [7, 11) is -2.97. The van der Waals surface area contributed by atoms with Crippen LogP contribution in [0, 0.1) is 17.8 Å². The summed E-state index contributed by atoms with van der Waals surface area (Å²) >= 11 is 0. The van der Waals surface area contributed by atoms with Crippen LogP contribution in [-0.4, -0.2) is 32.0 Å². The van der Waals surface area contributed by atoms with Crippen LogP contribution in [0.3, 0.4) is 0 Å². The lowest BCUT2D eigenvalue weighted by molar-refractivity contribution is 0.243. The van der Waals surface area contributed by atoms with E-state index in [1.165, 1.54) is 12.8 Å². The van der Waals surface area contributed by atoms with Crippen molar-refractivity contribution in [2.75, 3.05) is 12.3 Å². The summed E-state index contributed by atoms with van der Waals surface area (Å²) < 4.78 is 25.8. The van der Waals surface area contributed by atoms with E-state index in [1.54, 1.807) is 0 Å². The van der Waals surface area contributed by atoms with Gasteiger partial charge < -0.3 is 5.32 Å². The largest absolute Gasteiger partial charge is 0.313 e. The van der Waals surface area contributed by atoms with Gasteiger partial charge in [0.15, 0.2) is 9.84 Å². The Balaban J connectivity index is 2.12. The van der Waals surface area contributed by atoms with Gasteiger partial charge >= 0.3 is 0 Å². The molecule has 0 aliphatic heterocycles. The minimum atomic E-state index is -2.97. The van der Waals surface area contributed by atoms with Crippen molar-refractivity contribution < 1.29 is 8.42 Å². The van der Waals surface area contributed by atoms with E-state index in [0.29, 0.717) is 17.6 Å². The first-order valence-corrected chi connectivity index (χ1v) is 10.1. The fourth-order valence-electron chi connectivity index (χ4n) is 4.51. The van der Waals surface area contributed by atoms with E-state index in [4.69, 9.17) is 0 Å².